The molecule has 0 aliphatic heterocycles. The van der Waals surface area contributed by atoms with Gasteiger partial charge in [-0.1, -0.05) is 61.5 Å². The number of imidazole rings is 1. The third-order valence-corrected chi connectivity index (χ3v) is 7.12. The number of fused-ring (bicyclic) bond motifs is 1. The highest BCUT2D eigenvalue weighted by atomic mass is 19.1. The summed E-state index contributed by atoms with van der Waals surface area (Å²) in [6, 6.07) is 21.3. The first-order chi connectivity index (χ1) is 20.1. The number of aryl methyl sites for hydroxylation is 1. The first kappa shape index (κ1) is 26.3. The maximum absolute atomic E-state index is 14.7. The number of allylic oxidation sites excluding steroid dienone is 1. The Bertz CT molecular complexity index is 1840. The molecular weight excluding hydrogens is 513 g/mol. The van der Waals surface area contributed by atoms with Gasteiger partial charge >= 0.3 is 0 Å². The van der Waals surface area contributed by atoms with E-state index in [0.717, 1.165) is 51.3 Å². The second-order valence-electron chi connectivity index (χ2n) is 9.81. The lowest BCUT2D eigenvalue weighted by molar-refractivity contribution is 0.624. The average Bonchev–Trinajstić information content (AvgIpc) is 3.63. The van der Waals surface area contributed by atoms with Crippen molar-refractivity contribution in [3.63, 3.8) is 0 Å². The Kier molecular flexibility index (Phi) is 7.47. The summed E-state index contributed by atoms with van der Waals surface area (Å²) >= 11 is 0. The lowest BCUT2D eigenvalue weighted by Gasteiger charge is -2.07. The summed E-state index contributed by atoms with van der Waals surface area (Å²) in [5, 5.41) is 11.9. The molecule has 0 saturated heterocycles. The Morgan fingerprint density at radius 2 is 1.71 bits per heavy atom. The van der Waals surface area contributed by atoms with Crippen molar-refractivity contribution in [3.05, 3.63) is 125 Å². The maximum Gasteiger partial charge on any atom is 0.181 e. The molecule has 4 heterocycles. The van der Waals surface area contributed by atoms with Gasteiger partial charge < -0.3 is 10.3 Å². The van der Waals surface area contributed by atoms with E-state index >= 15 is 0 Å². The van der Waals surface area contributed by atoms with Crippen molar-refractivity contribution in [2.24, 2.45) is 0 Å². The quantitative estimate of drug-likeness (QED) is 0.185. The lowest BCUT2D eigenvalue weighted by atomic mass is 10.00. The number of nitrogens with one attached hydrogen (secondary N) is 3. The van der Waals surface area contributed by atoms with Crippen LogP contribution in [-0.4, -0.2) is 30.1 Å². The zero-order valence-electron chi connectivity index (χ0n) is 22.9. The van der Waals surface area contributed by atoms with Gasteiger partial charge in [-0.3, -0.25) is 10.1 Å². The Labute approximate surface area is 237 Å². The highest BCUT2D eigenvalue weighted by Crippen LogP contribution is 2.32. The molecule has 8 heteroatoms. The minimum Gasteiger partial charge on any atom is -0.340 e. The molecule has 0 atom stereocenters. The molecule has 0 radical (unpaired) electrons. The van der Waals surface area contributed by atoms with Gasteiger partial charge in [-0.2, -0.15) is 5.10 Å². The molecule has 6 aromatic rings. The summed E-state index contributed by atoms with van der Waals surface area (Å²) in [6.07, 6.45) is 8.14. The van der Waals surface area contributed by atoms with Crippen molar-refractivity contribution < 1.29 is 4.39 Å². The van der Waals surface area contributed by atoms with Crippen LogP contribution in [-0.2, 0) is 19.5 Å². The van der Waals surface area contributed by atoms with Crippen molar-refractivity contribution in [1.82, 2.24) is 35.5 Å². The third-order valence-electron chi connectivity index (χ3n) is 7.12. The number of halogens is 1. The molecule has 0 bridgehead atoms. The van der Waals surface area contributed by atoms with Crippen LogP contribution >= 0.6 is 0 Å². The van der Waals surface area contributed by atoms with Crippen LogP contribution in [0.1, 0.15) is 41.9 Å². The van der Waals surface area contributed by atoms with Gasteiger partial charge in [0.15, 0.2) is 11.5 Å². The summed E-state index contributed by atoms with van der Waals surface area (Å²) in [5.74, 6) is 0.352. The molecule has 0 aliphatic rings. The van der Waals surface area contributed by atoms with Gasteiger partial charge in [0, 0.05) is 59.6 Å². The van der Waals surface area contributed by atoms with Gasteiger partial charge in [-0.25, -0.2) is 14.4 Å². The molecule has 0 unspecified atom stereocenters. The van der Waals surface area contributed by atoms with Gasteiger partial charge in [0.25, 0.3) is 0 Å². The zero-order valence-corrected chi connectivity index (χ0v) is 22.9. The Morgan fingerprint density at radius 3 is 2.51 bits per heavy atom. The molecule has 2 aromatic carbocycles. The smallest absolute Gasteiger partial charge is 0.181 e. The normalized spacial score (nSPS) is 11.8. The van der Waals surface area contributed by atoms with Crippen molar-refractivity contribution >= 4 is 16.6 Å². The molecule has 204 valence electrons. The molecule has 0 aliphatic carbocycles. The first-order valence-electron chi connectivity index (χ1n) is 13.7. The fourth-order valence-corrected chi connectivity index (χ4v) is 5.03. The summed E-state index contributed by atoms with van der Waals surface area (Å²) in [6.45, 7) is 5.44. The second kappa shape index (κ2) is 11.7. The highest BCUT2D eigenvalue weighted by Gasteiger charge is 2.20. The van der Waals surface area contributed by atoms with E-state index in [0.29, 0.717) is 30.0 Å². The number of hydrogen-bond acceptors (Lipinski definition) is 5. The lowest BCUT2D eigenvalue weighted by Crippen LogP contribution is -2.12. The predicted molar refractivity (Wildman–Crippen MR) is 160 cm³/mol. The van der Waals surface area contributed by atoms with Crippen molar-refractivity contribution in [2.45, 2.75) is 33.4 Å². The first-order valence-corrected chi connectivity index (χ1v) is 13.7. The van der Waals surface area contributed by atoms with E-state index in [-0.39, 0.29) is 5.82 Å². The van der Waals surface area contributed by atoms with E-state index in [9.17, 15) is 4.39 Å². The molecule has 3 N–H and O–H groups in total. The highest BCUT2D eigenvalue weighted by molar-refractivity contribution is 5.92. The van der Waals surface area contributed by atoms with Crippen LogP contribution in [0, 0.1) is 5.82 Å². The van der Waals surface area contributed by atoms with Crippen LogP contribution in [0.2, 0.25) is 0 Å². The van der Waals surface area contributed by atoms with E-state index in [1.165, 1.54) is 11.6 Å². The number of aromatic nitrogens is 6. The average molecular weight is 544 g/mol. The largest absolute Gasteiger partial charge is 0.340 e. The molecule has 4 aromatic heterocycles. The van der Waals surface area contributed by atoms with Crippen molar-refractivity contribution in [1.29, 1.82) is 0 Å². The van der Waals surface area contributed by atoms with Crippen LogP contribution in [0.3, 0.4) is 0 Å². The number of benzene rings is 2. The van der Waals surface area contributed by atoms with Gasteiger partial charge in [0.1, 0.15) is 11.5 Å². The van der Waals surface area contributed by atoms with Crippen LogP contribution in [0.15, 0.2) is 91.4 Å². The summed E-state index contributed by atoms with van der Waals surface area (Å²) in [4.78, 5) is 17.5. The molecule has 41 heavy (non-hydrogen) atoms. The molecule has 7 nitrogen and oxygen atoms in total. The minimum absolute atomic E-state index is 0.279. The van der Waals surface area contributed by atoms with Gasteiger partial charge in [0.05, 0.1) is 11.1 Å². The molecule has 0 fully saturated rings. The number of nitrogens with zero attached hydrogens (tertiary/aromatic N) is 4. The maximum atomic E-state index is 14.7. The Morgan fingerprint density at radius 1 is 0.927 bits per heavy atom. The second-order valence-corrected chi connectivity index (χ2v) is 9.81. The summed E-state index contributed by atoms with van der Waals surface area (Å²) in [7, 11) is 0. The van der Waals surface area contributed by atoms with E-state index < -0.39 is 0 Å². The van der Waals surface area contributed by atoms with Crippen molar-refractivity contribution in [3.8, 4) is 22.6 Å². The van der Waals surface area contributed by atoms with Gasteiger partial charge in [-0.15, -0.1) is 0 Å². The number of aromatic amines is 2. The van der Waals surface area contributed by atoms with Crippen LogP contribution in [0.5, 0.6) is 0 Å². The van der Waals surface area contributed by atoms with E-state index in [2.05, 4.69) is 61.7 Å². The van der Waals surface area contributed by atoms with Gasteiger partial charge in [-0.05, 0) is 42.7 Å². The molecule has 6 rings (SSSR count). The molecular formula is C33H30FN7. The van der Waals surface area contributed by atoms with Crippen LogP contribution in [0.4, 0.5) is 4.39 Å². The standard InChI is InChI=1S/C33H30FN7/c1-3-25(26-12-8-9-13-28(26)34)30-29(4-2)38-33(39-30)31-27-15-24(20-37-32(27)41-40-31)23-14-22(18-36-19-23)17-35-16-21-10-6-5-7-11-21/h3,5-15,18-20,35H,4,16-17H2,1-2H3,(H,38,39)(H,37,40,41)/b25-3-. The third kappa shape index (κ3) is 5.42. The molecule has 0 spiro atoms. The number of hydrogen-bond donors (Lipinski definition) is 3. The fourth-order valence-electron chi connectivity index (χ4n) is 5.03. The Balaban J connectivity index is 1.30. The van der Waals surface area contributed by atoms with Crippen molar-refractivity contribution in [2.75, 3.05) is 0 Å². The van der Waals surface area contributed by atoms with Gasteiger partial charge in [0.2, 0.25) is 0 Å². The minimum atomic E-state index is -0.279. The SMILES string of the molecule is C/C=C(/c1ccccc1F)c1nc(-c2[nH]nc3ncc(-c4cncc(CNCc5ccccc5)c4)cc23)[nH]c1CC. The predicted octanol–water partition coefficient (Wildman–Crippen LogP) is 6.85. The number of rotatable bonds is 9. The fraction of sp³-hybridized carbons (Fsp3) is 0.152. The number of H-pyrrole nitrogens is 2. The Hall–Kier alpha value is -4.95. The van der Waals surface area contributed by atoms with Crippen LogP contribution < -0.4 is 5.32 Å². The summed E-state index contributed by atoms with van der Waals surface area (Å²) in [5.41, 5.74) is 8.45. The monoisotopic (exact) mass is 543 g/mol. The topological polar surface area (TPSA) is 95.2 Å². The van der Waals surface area contributed by atoms with E-state index in [4.69, 9.17) is 4.98 Å². The van der Waals surface area contributed by atoms with E-state index in [1.807, 2.05) is 55.9 Å². The summed E-state index contributed by atoms with van der Waals surface area (Å²) < 4.78 is 14.7. The molecule has 0 amide bonds. The molecule has 0 saturated carbocycles. The zero-order chi connectivity index (χ0) is 28.2. The van der Waals surface area contributed by atoms with E-state index in [1.54, 1.807) is 12.1 Å². The van der Waals surface area contributed by atoms with Crippen LogP contribution in [0.25, 0.3) is 39.3 Å². The number of pyridine rings is 2.